The fourth-order valence-corrected chi connectivity index (χ4v) is 4.61. The maximum atomic E-state index is 12.4. The number of nitrogens with one attached hydrogen (secondary N) is 2. The van der Waals surface area contributed by atoms with Crippen LogP contribution >= 0.6 is 0 Å². The third-order valence-corrected chi connectivity index (χ3v) is 6.24. The van der Waals surface area contributed by atoms with Crippen molar-refractivity contribution in [2.75, 3.05) is 36.0 Å². The van der Waals surface area contributed by atoms with E-state index in [1.54, 1.807) is 0 Å². The van der Waals surface area contributed by atoms with Gasteiger partial charge in [-0.2, -0.15) is 0 Å². The number of hydrogen-bond acceptors (Lipinski definition) is 6. The number of nitrogens with zero attached hydrogens (tertiary/aromatic N) is 4. The summed E-state index contributed by atoms with van der Waals surface area (Å²) >= 11 is 0. The Labute approximate surface area is 163 Å². The number of piperazine rings is 1. The van der Waals surface area contributed by atoms with Gasteiger partial charge in [0, 0.05) is 37.3 Å². The summed E-state index contributed by atoms with van der Waals surface area (Å²) in [5.74, 6) is 1.36. The quantitative estimate of drug-likeness (QED) is 0.802. The van der Waals surface area contributed by atoms with Crippen LogP contribution in [0.3, 0.4) is 0 Å². The van der Waals surface area contributed by atoms with Crippen LogP contribution in [0, 0.1) is 0 Å². The lowest BCUT2D eigenvalue weighted by atomic mass is 9.97. The lowest BCUT2D eigenvalue weighted by molar-refractivity contribution is 0.604. The predicted molar refractivity (Wildman–Crippen MR) is 107 cm³/mol. The lowest BCUT2D eigenvalue weighted by Gasteiger charge is -2.35. The average molecular weight is 382 g/mol. The molecule has 0 radical (unpaired) electrons. The van der Waals surface area contributed by atoms with Gasteiger partial charge in [-0.25, -0.2) is 9.97 Å². The Morgan fingerprint density at radius 3 is 1.43 bits per heavy atom. The number of fused-ring (bicyclic) bond motifs is 2. The van der Waals surface area contributed by atoms with Crippen LogP contribution in [0.5, 0.6) is 0 Å². The molecule has 2 aliphatic carbocycles. The summed E-state index contributed by atoms with van der Waals surface area (Å²) in [7, 11) is 0. The van der Waals surface area contributed by atoms with E-state index in [1.807, 2.05) is 0 Å². The van der Waals surface area contributed by atoms with Gasteiger partial charge in [0.25, 0.3) is 11.1 Å². The van der Waals surface area contributed by atoms with Crippen molar-refractivity contribution in [2.45, 2.75) is 51.4 Å². The molecular weight excluding hydrogens is 356 g/mol. The third kappa shape index (κ3) is 3.10. The molecule has 3 aliphatic rings. The van der Waals surface area contributed by atoms with Crippen LogP contribution in [-0.4, -0.2) is 46.1 Å². The molecule has 1 fully saturated rings. The zero-order chi connectivity index (χ0) is 19.1. The van der Waals surface area contributed by atoms with E-state index < -0.39 is 0 Å². The molecule has 2 aromatic rings. The van der Waals surface area contributed by atoms with Gasteiger partial charge in [0.05, 0.1) is 11.4 Å². The molecule has 1 saturated heterocycles. The first-order valence-electron chi connectivity index (χ1n) is 10.4. The van der Waals surface area contributed by atoms with E-state index >= 15 is 0 Å². The minimum Gasteiger partial charge on any atom is -0.339 e. The van der Waals surface area contributed by atoms with Gasteiger partial charge in [-0.3, -0.25) is 19.6 Å². The fourth-order valence-electron chi connectivity index (χ4n) is 4.61. The molecule has 8 heteroatoms. The standard InChI is InChI=1S/C20H26N6O2/c27-17-13-5-1-3-7-15(13)21-19(23-17)25-9-11-26(12-10-25)20-22-16-8-4-2-6-14(16)18(28)24-20/h1-12H2,(H,21,23,27)(H,22,24,28). The summed E-state index contributed by atoms with van der Waals surface area (Å²) < 4.78 is 0. The van der Waals surface area contributed by atoms with E-state index in [0.29, 0.717) is 11.9 Å². The number of rotatable bonds is 2. The summed E-state index contributed by atoms with van der Waals surface area (Å²) in [5, 5.41) is 0. The largest absolute Gasteiger partial charge is 0.339 e. The number of H-pyrrole nitrogens is 2. The van der Waals surface area contributed by atoms with Crippen molar-refractivity contribution in [3.05, 3.63) is 43.2 Å². The zero-order valence-corrected chi connectivity index (χ0v) is 16.1. The summed E-state index contributed by atoms with van der Waals surface area (Å²) in [4.78, 5) is 44.5. The van der Waals surface area contributed by atoms with Gasteiger partial charge < -0.3 is 9.80 Å². The molecule has 0 amide bonds. The molecule has 0 saturated carbocycles. The molecule has 0 atom stereocenters. The van der Waals surface area contributed by atoms with Gasteiger partial charge in [0.1, 0.15) is 0 Å². The zero-order valence-electron chi connectivity index (χ0n) is 16.1. The van der Waals surface area contributed by atoms with Crippen LogP contribution in [0.15, 0.2) is 9.59 Å². The first-order valence-corrected chi connectivity index (χ1v) is 10.4. The van der Waals surface area contributed by atoms with Crippen molar-refractivity contribution in [3.8, 4) is 0 Å². The van der Waals surface area contributed by atoms with Gasteiger partial charge in [-0.1, -0.05) is 0 Å². The van der Waals surface area contributed by atoms with Crippen LogP contribution in [0.1, 0.15) is 48.2 Å². The predicted octanol–water partition coefficient (Wildman–Crippen LogP) is 0.937. The Morgan fingerprint density at radius 2 is 1.00 bits per heavy atom. The highest BCUT2D eigenvalue weighted by Gasteiger charge is 2.24. The van der Waals surface area contributed by atoms with E-state index in [-0.39, 0.29) is 11.1 Å². The minimum atomic E-state index is 0.0165. The van der Waals surface area contributed by atoms with Crippen LogP contribution in [0.25, 0.3) is 0 Å². The summed E-state index contributed by atoms with van der Waals surface area (Å²) in [6.45, 7) is 2.95. The van der Waals surface area contributed by atoms with Crippen molar-refractivity contribution in [3.63, 3.8) is 0 Å². The SMILES string of the molecule is O=c1[nH]c(N2CCN(c3nc4c(c(=O)[nH]3)CCCC4)CC2)nc2c1CCCC2. The highest BCUT2D eigenvalue weighted by molar-refractivity contribution is 5.40. The maximum absolute atomic E-state index is 12.4. The minimum absolute atomic E-state index is 0.0165. The van der Waals surface area contributed by atoms with E-state index in [4.69, 9.17) is 9.97 Å². The molecule has 0 bridgehead atoms. The topological polar surface area (TPSA) is 98.0 Å². The van der Waals surface area contributed by atoms with Crippen molar-refractivity contribution in [1.29, 1.82) is 0 Å². The highest BCUT2D eigenvalue weighted by Crippen LogP contribution is 2.21. The van der Waals surface area contributed by atoms with Crippen LogP contribution in [0.2, 0.25) is 0 Å². The number of hydrogen-bond donors (Lipinski definition) is 2. The van der Waals surface area contributed by atoms with Gasteiger partial charge in [0.2, 0.25) is 11.9 Å². The van der Waals surface area contributed by atoms with E-state index in [2.05, 4.69) is 19.8 Å². The summed E-state index contributed by atoms with van der Waals surface area (Å²) in [6, 6.07) is 0. The molecule has 28 heavy (non-hydrogen) atoms. The van der Waals surface area contributed by atoms with Crippen molar-refractivity contribution in [2.24, 2.45) is 0 Å². The van der Waals surface area contributed by atoms with Crippen LogP contribution in [-0.2, 0) is 25.7 Å². The molecule has 2 aromatic heterocycles. The lowest BCUT2D eigenvalue weighted by Crippen LogP contribution is -2.48. The molecule has 0 aromatic carbocycles. The Morgan fingerprint density at radius 1 is 0.607 bits per heavy atom. The molecular formula is C20H26N6O2. The smallest absolute Gasteiger partial charge is 0.255 e. The molecule has 3 heterocycles. The Kier molecular flexibility index (Phi) is 4.41. The maximum Gasteiger partial charge on any atom is 0.255 e. The molecule has 1 aliphatic heterocycles. The second kappa shape index (κ2) is 7.07. The van der Waals surface area contributed by atoms with Gasteiger partial charge in [0.15, 0.2) is 0 Å². The van der Waals surface area contributed by atoms with Gasteiger partial charge >= 0.3 is 0 Å². The van der Waals surface area contributed by atoms with Crippen molar-refractivity contribution in [1.82, 2.24) is 19.9 Å². The second-order valence-electron chi connectivity index (χ2n) is 8.02. The molecule has 0 unspecified atom stereocenters. The number of aryl methyl sites for hydroxylation is 2. The normalized spacial score (nSPS) is 19.3. The van der Waals surface area contributed by atoms with Crippen molar-refractivity contribution >= 4 is 11.9 Å². The number of aromatic amines is 2. The molecule has 148 valence electrons. The summed E-state index contributed by atoms with van der Waals surface area (Å²) in [5.41, 5.74) is 3.70. The number of aromatic nitrogens is 4. The van der Waals surface area contributed by atoms with Gasteiger partial charge in [-0.05, 0) is 51.4 Å². The average Bonchev–Trinajstić information content (AvgIpc) is 2.74. The highest BCUT2D eigenvalue weighted by atomic mass is 16.1. The Balaban J connectivity index is 1.33. The fraction of sp³-hybridized carbons (Fsp3) is 0.600. The van der Waals surface area contributed by atoms with Crippen molar-refractivity contribution < 1.29 is 0 Å². The Bertz CT molecular complexity index is 921. The van der Waals surface area contributed by atoms with Crippen LogP contribution in [0.4, 0.5) is 11.9 Å². The first-order chi connectivity index (χ1) is 13.7. The van der Waals surface area contributed by atoms with E-state index in [1.165, 1.54) is 0 Å². The van der Waals surface area contributed by atoms with Crippen LogP contribution < -0.4 is 20.9 Å². The van der Waals surface area contributed by atoms with E-state index in [0.717, 1.165) is 100 Å². The van der Waals surface area contributed by atoms with Gasteiger partial charge in [-0.15, -0.1) is 0 Å². The Hall–Kier alpha value is -2.64. The molecule has 8 nitrogen and oxygen atoms in total. The molecule has 2 N–H and O–H groups in total. The molecule has 5 rings (SSSR count). The number of anilines is 2. The molecule has 0 spiro atoms. The monoisotopic (exact) mass is 382 g/mol. The van der Waals surface area contributed by atoms with E-state index in [9.17, 15) is 9.59 Å². The summed E-state index contributed by atoms with van der Waals surface area (Å²) in [6.07, 6.45) is 7.82. The third-order valence-electron chi connectivity index (χ3n) is 6.24. The second-order valence-corrected chi connectivity index (χ2v) is 8.02. The first kappa shape index (κ1) is 17.5.